The number of benzene rings is 1. The predicted octanol–water partition coefficient (Wildman–Crippen LogP) is 1.18. The van der Waals surface area contributed by atoms with Crippen LogP contribution in [-0.2, 0) is 20.8 Å². The Morgan fingerprint density at radius 2 is 1.52 bits per heavy atom. The van der Waals surface area contributed by atoms with Gasteiger partial charge in [0.2, 0.25) is 17.7 Å². The minimum Gasteiger partial charge on any atom is -0.465 e. The first-order valence-corrected chi connectivity index (χ1v) is 10.8. The van der Waals surface area contributed by atoms with Gasteiger partial charge in [-0.2, -0.15) is 5.26 Å². The molecule has 10 heteroatoms. The Morgan fingerprint density at radius 1 is 0.909 bits per heavy atom. The van der Waals surface area contributed by atoms with Gasteiger partial charge in [0.1, 0.15) is 24.7 Å². The van der Waals surface area contributed by atoms with Gasteiger partial charge in [-0.15, -0.1) is 0 Å². The molecule has 5 N–H and O–H groups in total. The average Bonchev–Trinajstić information content (AvgIpc) is 2.74. The Kier molecular flexibility index (Phi) is 11.4. The molecule has 0 saturated heterocycles. The number of carboxylic acid groups (broad SMARTS) is 1. The van der Waals surface area contributed by atoms with Crippen molar-refractivity contribution in [1.82, 2.24) is 21.3 Å². The van der Waals surface area contributed by atoms with Crippen LogP contribution in [0.3, 0.4) is 0 Å². The number of amides is 4. The van der Waals surface area contributed by atoms with Gasteiger partial charge < -0.3 is 26.4 Å². The second-order valence-electron chi connectivity index (χ2n) is 8.49. The van der Waals surface area contributed by atoms with Crippen LogP contribution in [0.25, 0.3) is 0 Å². The summed E-state index contributed by atoms with van der Waals surface area (Å²) in [5.74, 6) is -2.02. The summed E-state index contributed by atoms with van der Waals surface area (Å²) in [4.78, 5) is 49.5. The summed E-state index contributed by atoms with van der Waals surface area (Å²) in [6.45, 7) is 6.93. The fourth-order valence-electron chi connectivity index (χ4n) is 3.21. The van der Waals surface area contributed by atoms with Crippen LogP contribution in [0.15, 0.2) is 30.3 Å². The molecule has 0 aliphatic heterocycles. The van der Waals surface area contributed by atoms with Crippen LogP contribution in [0, 0.1) is 23.2 Å². The highest BCUT2D eigenvalue weighted by atomic mass is 16.4. The van der Waals surface area contributed by atoms with Crippen LogP contribution < -0.4 is 21.3 Å². The molecule has 33 heavy (non-hydrogen) atoms. The molecular weight excluding hydrogens is 426 g/mol. The van der Waals surface area contributed by atoms with Crippen molar-refractivity contribution in [3.8, 4) is 6.07 Å². The quantitative estimate of drug-likeness (QED) is 0.295. The van der Waals surface area contributed by atoms with Gasteiger partial charge in [0.25, 0.3) is 0 Å². The molecular formula is C23H33N5O5. The van der Waals surface area contributed by atoms with Gasteiger partial charge in [-0.1, -0.05) is 58.0 Å². The molecule has 0 radical (unpaired) electrons. The maximum Gasteiger partial charge on any atom is 0.405 e. The van der Waals surface area contributed by atoms with E-state index in [2.05, 4.69) is 21.3 Å². The summed E-state index contributed by atoms with van der Waals surface area (Å²) in [6.07, 6.45) is -0.861. The number of nitriles is 1. The van der Waals surface area contributed by atoms with Crippen LogP contribution in [0.2, 0.25) is 0 Å². The highest BCUT2D eigenvalue weighted by Gasteiger charge is 2.31. The standard InChI is InChI=1S/C23H33N5O5/c1-14(2)12-17(27-22(31)19(15(3)4)28-23(32)33)21(30)26-18(20(29)25-11-10-24)13-16-8-6-5-7-9-16/h5-9,14-15,17-19,28H,11-13H2,1-4H3,(H,25,29)(H,26,30)(H,27,31)(H,32,33). The summed E-state index contributed by atoms with van der Waals surface area (Å²) >= 11 is 0. The van der Waals surface area contributed by atoms with Crippen molar-refractivity contribution in [3.63, 3.8) is 0 Å². The Labute approximate surface area is 194 Å². The van der Waals surface area contributed by atoms with Crippen molar-refractivity contribution in [2.45, 2.75) is 58.7 Å². The van der Waals surface area contributed by atoms with E-state index in [1.807, 2.05) is 50.2 Å². The van der Waals surface area contributed by atoms with Crippen molar-refractivity contribution in [2.75, 3.05) is 6.54 Å². The zero-order valence-corrected chi connectivity index (χ0v) is 19.4. The largest absolute Gasteiger partial charge is 0.465 e. The zero-order chi connectivity index (χ0) is 25.0. The first-order chi connectivity index (χ1) is 15.5. The Morgan fingerprint density at radius 3 is 2.03 bits per heavy atom. The lowest BCUT2D eigenvalue weighted by atomic mass is 9.99. The van der Waals surface area contributed by atoms with E-state index >= 15 is 0 Å². The van der Waals surface area contributed by atoms with E-state index in [0.717, 1.165) is 5.56 Å². The first kappa shape index (κ1) is 27.4. The smallest absolute Gasteiger partial charge is 0.405 e. The summed E-state index contributed by atoms with van der Waals surface area (Å²) in [5, 5.41) is 27.7. The summed E-state index contributed by atoms with van der Waals surface area (Å²) < 4.78 is 0. The molecule has 0 fully saturated rings. The second-order valence-corrected chi connectivity index (χ2v) is 8.49. The number of nitrogens with zero attached hydrogens (tertiary/aromatic N) is 1. The molecule has 0 aliphatic rings. The molecule has 10 nitrogen and oxygen atoms in total. The topological polar surface area (TPSA) is 160 Å². The molecule has 0 aliphatic carbocycles. The first-order valence-electron chi connectivity index (χ1n) is 10.8. The number of nitrogens with one attached hydrogen (secondary N) is 4. The molecule has 4 amide bonds. The molecule has 1 rings (SSSR count). The highest BCUT2D eigenvalue weighted by Crippen LogP contribution is 2.10. The van der Waals surface area contributed by atoms with Crippen LogP contribution >= 0.6 is 0 Å². The van der Waals surface area contributed by atoms with E-state index in [1.54, 1.807) is 13.8 Å². The van der Waals surface area contributed by atoms with E-state index in [4.69, 9.17) is 10.4 Å². The lowest BCUT2D eigenvalue weighted by molar-refractivity contribution is -0.133. The van der Waals surface area contributed by atoms with Crippen molar-refractivity contribution in [2.24, 2.45) is 11.8 Å². The third kappa shape index (κ3) is 10.0. The molecule has 0 aromatic heterocycles. The van der Waals surface area contributed by atoms with Gasteiger partial charge in [-0.25, -0.2) is 4.79 Å². The predicted molar refractivity (Wildman–Crippen MR) is 122 cm³/mol. The van der Waals surface area contributed by atoms with Crippen LogP contribution in [-0.4, -0.2) is 53.6 Å². The minimum absolute atomic E-state index is 0.0333. The van der Waals surface area contributed by atoms with E-state index < -0.39 is 41.9 Å². The van der Waals surface area contributed by atoms with Crippen molar-refractivity contribution in [3.05, 3.63) is 35.9 Å². The Balaban J connectivity index is 3.05. The van der Waals surface area contributed by atoms with Crippen molar-refractivity contribution < 1.29 is 24.3 Å². The molecule has 0 spiro atoms. The third-order valence-electron chi connectivity index (χ3n) is 4.83. The average molecular weight is 460 g/mol. The number of carbonyl (C=O) groups is 4. The molecule has 180 valence electrons. The monoisotopic (exact) mass is 459 g/mol. The molecule has 0 heterocycles. The number of hydrogen-bond donors (Lipinski definition) is 5. The van der Waals surface area contributed by atoms with E-state index in [1.165, 1.54) is 0 Å². The number of carbonyl (C=O) groups excluding carboxylic acids is 3. The van der Waals surface area contributed by atoms with Crippen LogP contribution in [0.5, 0.6) is 0 Å². The number of rotatable bonds is 12. The summed E-state index contributed by atoms with van der Waals surface area (Å²) in [6, 6.07) is 7.93. The molecule has 1 aromatic carbocycles. The maximum atomic E-state index is 13.1. The van der Waals surface area contributed by atoms with Gasteiger partial charge in [-0.3, -0.25) is 14.4 Å². The van der Waals surface area contributed by atoms with Crippen molar-refractivity contribution >= 4 is 23.8 Å². The summed E-state index contributed by atoms with van der Waals surface area (Å²) in [7, 11) is 0. The van der Waals surface area contributed by atoms with E-state index in [9.17, 15) is 19.2 Å². The zero-order valence-electron chi connectivity index (χ0n) is 19.4. The van der Waals surface area contributed by atoms with Crippen molar-refractivity contribution in [1.29, 1.82) is 5.26 Å². The van der Waals surface area contributed by atoms with Gasteiger partial charge in [0.05, 0.1) is 6.07 Å². The minimum atomic E-state index is -1.34. The normalized spacial score (nSPS) is 13.4. The van der Waals surface area contributed by atoms with E-state index in [0.29, 0.717) is 0 Å². The van der Waals surface area contributed by atoms with Gasteiger partial charge >= 0.3 is 6.09 Å². The Hall–Kier alpha value is -3.61. The fourth-order valence-corrected chi connectivity index (χ4v) is 3.21. The highest BCUT2D eigenvalue weighted by molar-refractivity contribution is 5.94. The van der Waals surface area contributed by atoms with Gasteiger partial charge in [-0.05, 0) is 23.8 Å². The summed E-state index contributed by atoms with van der Waals surface area (Å²) in [5.41, 5.74) is 0.810. The molecule has 0 saturated carbocycles. The SMILES string of the molecule is CC(C)CC(NC(=O)C(NC(=O)O)C(C)C)C(=O)NC(Cc1ccccc1)C(=O)NCC#N. The lowest BCUT2D eigenvalue weighted by Crippen LogP contribution is -2.58. The molecule has 0 bridgehead atoms. The molecule has 3 atom stereocenters. The number of hydrogen-bond acceptors (Lipinski definition) is 5. The van der Waals surface area contributed by atoms with Gasteiger partial charge in [0, 0.05) is 6.42 Å². The van der Waals surface area contributed by atoms with E-state index in [-0.39, 0.29) is 31.2 Å². The lowest BCUT2D eigenvalue weighted by Gasteiger charge is -2.27. The third-order valence-corrected chi connectivity index (χ3v) is 4.83. The Bertz CT molecular complexity index is 851. The maximum absolute atomic E-state index is 13.1. The fraction of sp³-hybridized carbons (Fsp3) is 0.522. The van der Waals surface area contributed by atoms with Crippen LogP contribution in [0.4, 0.5) is 4.79 Å². The molecule has 3 unspecified atom stereocenters. The van der Waals surface area contributed by atoms with Gasteiger partial charge in [0.15, 0.2) is 0 Å². The van der Waals surface area contributed by atoms with Crippen LogP contribution in [0.1, 0.15) is 39.7 Å². The molecule has 1 aromatic rings. The second kappa shape index (κ2) is 13.7.